The van der Waals surface area contributed by atoms with Crippen LogP contribution in [0.2, 0.25) is 0 Å². The lowest BCUT2D eigenvalue weighted by molar-refractivity contribution is -0.0687. The van der Waals surface area contributed by atoms with Crippen LogP contribution in [0.25, 0.3) is 0 Å². The van der Waals surface area contributed by atoms with Gasteiger partial charge in [-0.05, 0) is 73.5 Å². The molecule has 3 heteroatoms. The SMILES string of the molecule is C[C@]12CC[C@H](O)CC1=C[C@@H](Br)C1C2CC[C@@]2(C)C1CC[C@@H]2O. The summed E-state index contributed by atoms with van der Waals surface area (Å²) in [5, 5.41) is 20.6. The Hall–Kier alpha value is 0.140. The first-order valence-electron chi connectivity index (χ1n) is 9.07. The highest BCUT2D eigenvalue weighted by Crippen LogP contribution is 2.65. The van der Waals surface area contributed by atoms with E-state index < -0.39 is 0 Å². The second-order valence-electron chi connectivity index (χ2n) is 8.88. The van der Waals surface area contributed by atoms with Crippen molar-refractivity contribution in [3.05, 3.63) is 11.6 Å². The van der Waals surface area contributed by atoms with E-state index in [1.54, 1.807) is 0 Å². The van der Waals surface area contributed by atoms with E-state index in [4.69, 9.17) is 0 Å². The molecule has 4 aliphatic rings. The summed E-state index contributed by atoms with van der Waals surface area (Å²) < 4.78 is 0. The number of hydrogen-bond acceptors (Lipinski definition) is 2. The van der Waals surface area contributed by atoms with Crippen molar-refractivity contribution in [2.45, 2.75) is 75.8 Å². The molecule has 22 heavy (non-hydrogen) atoms. The third kappa shape index (κ3) is 1.97. The molecule has 0 bridgehead atoms. The van der Waals surface area contributed by atoms with Crippen molar-refractivity contribution in [2.24, 2.45) is 28.6 Å². The highest BCUT2D eigenvalue weighted by Gasteiger charge is 2.60. The Morgan fingerprint density at radius 2 is 1.82 bits per heavy atom. The van der Waals surface area contributed by atoms with Crippen molar-refractivity contribution < 1.29 is 10.2 Å². The first-order valence-corrected chi connectivity index (χ1v) is 9.99. The molecule has 0 heterocycles. The Balaban J connectivity index is 1.73. The van der Waals surface area contributed by atoms with E-state index >= 15 is 0 Å². The van der Waals surface area contributed by atoms with Gasteiger partial charge in [-0.3, -0.25) is 0 Å². The maximum absolute atomic E-state index is 10.5. The molecular formula is C19H29BrO2. The van der Waals surface area contributed by atoms with E-state index in [0.717, 1.165) is 25.7 Å². The molecule has 3 saturated carbocycles. The van der Waals surface area contributed by atoms with Gasteiger partial charge in [0.2, 0.25) is 0 Å². The molecule has 0 amide bonds. The molecule has 2 nitrogen and oxygen atoms in total. The van der Waals surface area contributed by atoms with Crippen molar-refractivity contribution in [1.82, 2.24) is 0 Å². The van der Waals surface area contributed by atoms with Gasteiger partial charge < -0.3 is 10.2 Å². The first-order chi connectivity index (χ1) is 10.4. The molecule has 2 N–H and O–H groups in total. The van der Waals surface area contributed by atoms with Crippen molar-refractivity contribution >= 4 is 15.9 Å². The van der Waals surface area contributed by atoms with Crippen molar-refractivity contribution in [3.63, 3.8) is 0 Å². The fourth-order valence-corrected chi connectivity index (χ4v) is 7.61. The van der Waals surface area contributed by atoms with Crippen LogP contribution in [0.1, 0.15) is 58.8 Å². The number of fused-ring (bicyclic) bond motifs is 5. The van der Waals surface area contributed by atoms with Crippen LogP contribution in [-0.4, -0.2) is 27.2 Å². The average Bonchev–Trinajstić information content (AvgIpc) is 2.77. The van der Waals surface area contributed by atoms with Crippen LogP contribution >= 0.6 is 15.9 Å². The zero-order valence-electron chi connectivity index (χ0n) is 13.8. The third-order valence-corrected chi connectivity index (χ3v) is 8.89. The molecule has 4 rings (SSSR count). The van der Waals surface area contributed by atoms with Gasteiger partial charge >= 0.3 is 0 Å². The lowest BCUT2D eigenvalue weighted by atomic mass is 9.48. The minimum Gasteiger partial charge on any atom is -0.393 e. The summed E-state index contributed by atoms with van der Waals surface area (Å²) in [4.78, 5) is 0.417. The van der Waals surface area contributed by atoms with Crippen LogP contribution in [-0.2, 0) is 0 Å². The summed E-state index contributed by atoms with van der Waals surface area (Å²) in [5.74, 6) is 2.01. The minimum absolute atomic E-state index is 0.107. The van der Waals surface area contributed by atoms with Gasteiger partial charge in [-0.2, -0.15) is 0 Å². The molecule has 0 saturated heterocycles. The molecule has 0 aromatic carbocycles. The molecule has 3 unspecified atom stereocenters. The third-order valence-electron chi connectivity index (χ3n) is 8.02. The monoisotopic (exact) mass is 368 g/mol. The number of rotatable bonds is 0. The number of aliphatic hydroxyl groups excluding tert-OH is 2. The molecule has 124 valence electrons. The topological polar surface area (TPSA) is 40.5 Å². The van der Waals surface area contributed by atoms with Crippen molar-refractivity contribution in [3.8, 4) is 0 Å². The zero-order valence-corrected chi connectivity index (χ0v) is 15.3. The minimum atomic E-state index is -0.141. The molecule has 0 spiro atoms. The lowest BCUT2D eigenvalue weighted by Crippen LogP contribution is -2.54. The largest absolute Gasteiger partial charge is 0.393 e. The predicted molar refractivity (Wildman–Crippen MR) is 91.8 cm³/mol. The zero-order chi connectivity index (χ0) is 15.7. The molecular weight excluding hydrogens is 340 g/mol. The molecule has 0 aromatic heterocycles. The molecule has 8 atom stereocenters. The maximum atomic E-state index is 10.5. The molecule has 0 aliphatic heterocycles. The van der Waals surface area contributed by atoms with Crippen LogP contribution in [0.5, 0.6) is 0 Å². The smallest absolute Gasteiger partial charge is 0.0596 e. The summed E-state index contributed by atoms with van der Waals surface area (Å²) in [7, 11) is 0. The Morgan fingerprint density at radius 3 is 2.59 bits per heavy atom. The maximum Gasteiger partial charge on any atom is 0.0596 e. The fourth-order valence-electron chi connectivity index (χ4n) is 6.56. The van der Waals surface area contributed by atoms with E-state index in [-0.39, 0.29) is 23.0 Å². The Bertz CT molecular complexity index is 504. The molecule has 0 radical (unpaired) electrons. The predicted octanol–water partition coefficient (Wildman–Crippen LogP) is 4.04. The van der Waals surface area contributed by atoms with Crippen molar-refractivity contribution in [2.75, 3.05) is 0 Å². The van der Waals surface area contributed by atoms with Gasteiger partial charge in [-0.1, -0.05) is 41.4 Å². The number of alkyl halides is 1. The van der Waals surface area contributed by atoms with Gasteiger partial charge in [-0.15, -0.1) is 0 Å². The fraction of sp³-hybridized carbons (Fsp3) is 0.895. The quantitative estimate of drug-likeness (QED) is 0.500. The Kier molecular flexibility index (Phi) is 3.61. The number of hydrogen-bond donors (Lipinski definition) is 2. The molecule has 0 aromatic rings. The summed E-state index contributed by atoms with van der Waals surface area (Å²) in [6.07, 6.45) is 9.71. The van der Waals surface area contributed by atoms with E-state index in [2.05, 4.69) is 35.9 Å². The van der Waals surface area contributed by atoms with E-state index in [0.29, 0.717) is 22.6 Å². The number of allylic oxidation sites excluding steroid dienone is 1. The Labute approximate surface area is 142 Å². The van der Waals surface area contributed by atoms with Gasteiger partial charge in [0, 0.05) is 4.83 Å². The molecule has 4 aliphatic carbocycles. The normalized spacial score (nSPS) is 57.6. The van der Waals surface area contributed by atoms with Crippen LogP contribution in [0.3, 0.4) is 0 Å². The highest BCUT2D eigenvalue weighted by molar-refractivity contribution is 9.09. The molecule has 3 fully saturated rings. The van der Waals surface area contributed by atoms with Crippen LogP contribution in [0.4, 0.5) is 0 Å². The van der Waals surface area contributed by atoms with Crippen LogP contribution in [0, 0.1) is 28.6 Å². The Morgan fingerprint density at radius 1 is 1.05 bits per heavy atom. The summed E-state index contributed by atoms with van der Waals surface area (Å²) in [6, 6.07) is 0. The summed E-state index contributed by atoms with van der Waals surface area (Å²) in [6.45, 7) is 4.78. The number of halogens is 1. The van der Waals surface area contributed by atoms with Gasteiger partial charge in [0.25, 0.3) is 0 Å². The van der Waals surface area contributed by atoms with Gasteiger partial charge in [-0.25, -0.2) is 0 Å². The van der Waals surface area contributed by atoms with Crippen molar-refractivity contribution in [1.29, 1.82) is 0 Å². The lowest BCUT2D eigenvalue weighted by Gasteiger charge is -2.58. The highest BCUT2D eigenvalue weighted by atomic mass is 79.9. The van der Waals surface area contributed by atoms with Gasteiger partial charge in [0.1, 0.15) is 0 Å². The van der Waals surface area contributed by atoms with Crippen LogP contribution < -0.4 is 0 Å². The standard InChI is InChI=1S/C19H29BrO2/c1-18-7-5-12(21)9-11(18)10-15(20)17-13-3-4-16(22)19(13,2)8-6-14(17)18/h10,12-17,21-22H,3-9H2,1-2H3/t12-,13?,14?,15+,16-,17?,18-,19-/m0/s1. The van der Waals surface area contributed by atoms with Gasteiger partial charge in [0.05, 0.1) is 12.2 Å². The average molecular weight is 369 g/mol. The van der Waals surface area contributed by atoms with Crippen LogP contribution in [0.15, 0.2) is 11.6 Å². The second kappa shape index (κ2) is 5.07. The van der Waals surface area contributed by atoms with E-state index in [1.807, 2.05) is 0 Å². The summed E-state index contributed by atoms with van der Waals surface area (Å²) in [5.41, 5.74) is 1.91. The second-order valence-corrected chi connectivity index (χ2v) is 9.94. The summed E-state index contributed by atoms with van der Waals surface area (Å²) >= 11 is 3.98. The number of aliphatic hydroxyl groups is 2. The van der Waals surface area contributed by atoms with E-state index in [9.17, 15) is 10.2 Å². The van der Waals surface area contributed by atoms with Gasteiger partial charge in [0.15, 0.2) is 0 Å². The van der Waals surface area contributed by atoms with E-state index in [1.165, 1.54) is 24.8 Å². The first kappa shape index (κ1) is 15.7.